The zero-order valence-corrected chi connectivity index (χ0v) is 11.3. The average molecular weight is 302 g/mol. The molecule has 1 heterocycles. The minimum absolute atomic E-state index is 0.0201. The Morgan fingerprint density at radius 2 is 1.83 bits per heavy atom. The molecular weight excluding hydrogens is 289 g/mol. The Hall–Kier alpha value is -0.700. The Balaban J connectivity index is 2.79. The average Bonchev–Trinajstić information content (AvgIpc) is 2.67. The van der Waals surface area contributed by atoms with E-state index in [4.69, 9.17) is 0 Å². The quantitative estimate of drug-likeness (QED) is 0.733. The summed E-state index contributed by atoms with van der Waals surface area (Å²) in [4.78, 5) is 0. The molecule has 0 radical (unpaired) electrons. The van der Waals surface area contributed by atoms with Gasteiger partial charge in [0.25, 0.3) is 9.26 Å². The molecular formula is C9H13F3N2O2S2. The maximum absolute atomic E-state index is 12.5. The summed E-state index contributed by atoms with van der Waals surface area (Å²) >= 11 is 0. The standard InChI is InChI=1S/C9H13F3N2O2S2/c1-2-3-4-5-6-7-13-14-8(9(10,11)12)17(7)18(15)16/h2-6H2,1H3. The number of rotatable bonds is 5. The number of nitrogens with zero attached hydrogens (tertiary/aromatic N) is 2. The molecule has 9 heteroatoms. The Bertz CT molecular complexity index is 498. The van der Waals surface area contributed by atoms with E-state index >= 15 is 0 Å². The van der Waals surface area contributed by atoms with Crippen LogP contribution >= 0.6 is 0 Å². The third-order valence-corrected chi connectivity index (χ3v) is 5.78. The summed E-state index contributed by atoms with van der Waals surface area (Å²) in [6.45, 7) is 2.01. The monoisotopic (exact) mass is 302 g/mol. The topological polar surface area (TPSA) is 58.9 Å². The molecule has 0 bridgehead atoms. The maximum atomic E-state index is 12.5. The van der Waals surface area contributed by atoms with Crippen LogP contribution in [0.2, 0.25) is 0 Å². The lowest BCUT2D eigenvalue weighted by Gasteiger charge is -2.06. The molecule has 0 spiro atoms. The molecule has 0 aromatic carbocycles. The third-order valence-electron chi connectivity index (χ3n) is 2.26. The van der Waals surface area contributed by atoms with Crippen LogP contribution < -0.4 is 0 Å². The van der Waals surface area contributed by atoms with Gasteiger partial charge in [0.05, 0.1) is 0 Å². The first-order chi connectivity index (χ1) is 8.38. The molecule has 0 aromatic heterocycles. The van der Waals surface area contributed by atoms with Crippen molar-refractivity contribution in [1.29, 1.82) is 0 Å². The van der Waals surface area contributed by atoms with E-state index in [1.807, 2.05) is 6.92 Å². The highest BCUT2D eigenvalue weighted by Crippen LogP contribution is 2.25. The Morgan fingerprint density at radius 3 is 2.33 bits per heavy atom. The van der Waals surface area contributed by atoms with Crippen molar-refractivity contribution in [3.63, 3.8) is 0 Å². The molecule has 18 heavy (non-hydrogen) atoms. The van der Waals surface area contributed by atoms with Gasteiger partial charge in [-0.15, -0.1) is 10.2 Å². The Kier molecular flexibility index (Phi) is 5.51. The molecule has 1 aliphatic rings. The second-order valence-corrected chi connectivity index (χ2v) is 7.30. The van der Waals surface area contributed by atoms with Crippen molar-refractivity contribution in [2.75, 3.05) is 0 Å². The van der Waals surface area contributed by atoms with Gasteiger partial charge in [-0.05, 0) is 12.8 Å². The predicted octanol–water partition coefficient (Wildman–Crippen LogP) is 2.66. The normalized spacial score (nSPS) is 19.7. The van der Waals surface area contributed by atoms with Gasteiger partial charge in [0.2, 0.25) is 5.04 Å². The van der Waals surface area contributed by atoms with Crippen molar-refractivity contribution in [3.8, 4) is 0 Å². The van der Waals surface area contributed by atoms with Gasteiger partial charge in [0.1, 0.15) is 5.04 Å². The number of halogens is 3. The first-order valence-corrected chi connectivity index (χ1v) is 8.25. The van der Waals surface area contributed by atoms with E-state index in [2.05, 4.69) is 10.2 Å². The van der Waals surface area contributed by atoms with Crippen LogP contribution in [0.15, 0.2) is 10.2 Å². The SMILES string of the molecule is CCCCCCC1=NN=C(C(F)(F)F)S1=S(=O)=O. The van der Waals surface area contributed by atoms with Crippen LogP contribution in [-0.4, -0.2) is 24.7 Å². The largest absolute Gasteiger partial charge is 0.442 e. The molecule has 0 aromatic rings. The fourth-order valence-corrected chi connectivity index (χ4v) is 4.31. The summed E-state index contributed by atoms with van der Waals surface area (Å²) in [5, 5.41) is 5.09. The highest BCUT2D eigenvalue weighted by atomic mass is 32.9. The van der Waals surface area contributed by atoms with Gasteiger partial charge in [-0.1, -0.05) is 26.2 Å². The van der Waals surface area contributed by atoms with E-state index in [1.54, 1.807) is 0 Å². The summed E-state index contributed by atoms with van der Waals surface area (Å²) < 4.78 is 59.4. The number of hydrogen-bond donors (Lipinski definition) is 0. The van der Waals surface area contributed by atoms with Crippen LogP contribution in [0.3, 0.4) is 0 Å². The van der Waals surface area contributed by atoms with Crippen LogP contribution in [0, 0.1) is 0 Å². The molecule has 0 amide bonds. The lowest BCUT2D eigenvalue weighted by Crippen LogP contribution is -2.28. The molecule has 1 rings (SSSR count). The van der Waals surface area contributed by atoms with Gasteiger partial charge < -0.3 is 0 Å². The van der Waals surface area contributed by atoms with E-state index < -0.39 is 29.9 Å². The van der Waals surface area contributed by atoms with Crippen LogP contribution in [0.1, 0.15) is 39.0 Å². The smallest absolute Gasteiger partial charge is 0.177 e. The van der Waals surface area contributed by atoms with Crippen LogP contribution in [0.25, 0.3) is 0 Å². The molecule has 0 N–H and O–H groups in total. The van der Waals surface area contributed by atoms with Gasteiger partial charge in [-0.3, -0.25) is 0 Å². The van der Waals surface area contributed by atoms with Crippen molar-refractivity contribution < 1.29 is 21.6 Å². The van der Waals surface area contributed by atoms with E-state index in [0.29, 0.717) is 6.42 Å². The van der Waals surface area contributed by atoms with Crippen molar-refractivity contribution in [2.24, 2.45) is 10.2 Å². The van der Waals surface area contributed by atoms with Crippen molar-refractivity contribution >= 4 is 28.8 Å². The van der Waals surface area contributed by atoms with E-state index in [1.165, 1.54) is 0 Å². The van der Waals surface area contributed by atoms with Crippen LogP contribution in [0.4, 0.5) is 13.2 Å². The van der Waals surface area contributed by atoms with E-state index in [0.717, 1.165) is 19.3 Å². The van der Waals surface area contributed by atoms with Gasteiger partial charge in [0.15, 0.2) is 0 Å². The molecule has 1 unspecified atom stereocenters. The fourth-order valence-electron chi connectivity index (χ4n) is 1.44. The van der Waals surface area contributed by atoms with Crippen LogP contribution in [0.5, 0.6) is 0 Å². The van der Waals surface area contributed by atoms with E-state index in [9.17, 15) is 21.6 Å². The van der Waals surface area contributed by atoms with E-state index in [-0.39, 0.29) is 11.5 Å². The highest BCUT2D eigenvalue weighted by molar-refractivity contribution is 8.49. The second kappa shape index (κ2) is 6.46. The molecule has 1 atom stereocenters. The molecule has 0 saturated carbocycles. The summed E-state index contributed by atoms with van der Waals surface area (Å²) in [6.07, 6.45) is -1.05. The zero-order valence-electron chi connectivity index (χ0n) is 9.70. The van der Waals surface area contributed by atoms with Crippen LogP contribution in [-0.2, 0) is 18.7 Å². The molecule has 0 fully saturated rings. The minimum atomic E-state index is -4.74. The minimum Gasteiger partial charge on any atom is -0.177 e. The van der Waals surface area contributed by atoms with Gasteiger partial charge in [0, 0.05) is 9.45 Å². The lowest BCUT2D eigenvalue weighted by molar-refractivity contribution is -0.0555. The molecule has 0 aliphatic carbocycles. The Morgan fingerprint density at radius 1 is 1.17 bits per heavy atom. The number of unbranched alkanes of at least 4 members (excludes halogenated alkanes) is 3. The van der Waals surface area contributed by atoms with Crippen molar-refractivity contribution in [1.82, 2.24) is 0 Å². The molecule has 4 nitrogen and oxygen atoms in total. The predicted molar refractivity (Wildman–Crippen MR) is 66.0 cm³/mol. The third kappa shape index (κ3) is 3.91. The molecule has 0 saturated heterocycles. The van der Waals surface area contributed by atoms with Crippen molar-refractivity contribution in [3.05, 3.63) is 0 Å². The first-order valence-electron chi connectivity index (χ1n) is 5.43. The fraction of sp³-hybridized carbons (Fsp3) is 0.778. The second-order valence-electron chi connectivity index (χ2n) is 3.68. The highest BCUT2D eigenvalue weighted by Gasteiger charge is 2.43. The summed E-state index contributed by atoms with van der Waals surface area (Å²) in [7, 11) is -4.90. The van der Waals surface area contributed by atoms with Gasteiger partial charge in [-0.25, -0.2) is 0 Å². The summed E-state index contributed by atoms with van der Waals surface area (Å²) in [5.74, 6) is 0. The lowest BCUT2D eigenvalue weighted by atomic mass is 10.2. The number of hydrogen-bond acceptors (Lipinski definition) is 4. The number of alkyl halides is 3. The zero-order chi connectivity index (χ0) is 13.8. The summed E-state index contributed by atoms with van der Waals surface area (Å²) in [5.41, 5.74) is 0. The van der Waals surface area contributed by atoms with Gasteiger partial charge in [-0.2, -0.15) is 21.6 Å². The molecule has 104 valence electrons. The summed E-state index contributed by atoms with van der Waals surface area (Å²) in [6, 6.07) is 0. The Labute approximate surface area is 106 Å². The first kappa shape index (κ1) is 15.4. The van der Waals surface area contributed by atoms with Crippen molar-refractivity contribution in [2.45, 2.75) is 45.2 Å². The van der Waals surface area contributed by atoms with Gasteiger partial charge >= 0.3 is 6.18 Å². The molecule has 1 aliphatic heterocycles. The maximum Gasteiger partial charge on any atom is 0.442 e.